The first-order valence-electron chi connectivity index (χ1n) is 12.6. The minimum Gasteiger partial charge on any atom is -0.495 e. The number of amides is 1. The van der Waals surface area contributed by atoms with Crippen molar-refractivity contribution in [3.05, 3.63) is 73.3 Å². The highest BCUT2D eigenvalue weighted by molar-refractivity contribution is 5.94. The number of piperidine rings is 1. The smallest absolute Gasteiger partial charge is 0.245 e. The first-order valence-corrected chi connectivity index (χ1v) is 12.6. The van der Waals surface area contributed by atoms with Gasteiger partial charge in [0.1, 0.15) is 29.8 Å². The van der Waals surface area contributed by atoms with Gasteiger partial charge in [-0.3, -0.25) is 4.79 Å². The van der Waals surface area contributed by atoms with Gasteiger partial charge in [-0.2, -0.15) is 4.39 Å². The second-order valence-corrected chi connectivity index (χ2v) is 9.12. The van der Waals surface area contributed by atoms with Gasteiger partial charge in [-0.25, -0.2) is 19.3 Å². The van der Waals surface area contributed by atoms with Crippen molar-refractivity contribution in [2.75, 3.05) is 32.6 Å². The lowest BCUT2D eigenvalue weighted by Crippen LogP contribution is -2.41. The number of halogens is 2. The second kappa shape index (κ2) is 11.5. The number of benzene rings is 2. The van der Waals surface area contributed by atoms with Gasteiger partial charge >= 0.3 is 0 Å². The van der Waals surface area contributed by atoms with E-state index < -0.39 is 11.8 Å². The predicted molar refractivity (Wildman–Crippen MR) is 146 cm³/mol. The number of methoxy groups -OCH3 is 2. The number of rotatable bonds is 8. The highest BCUT2D eigenvalue weighted by Crippen LogP contribution is 2.38. The molecular formula is C29H27F2N5O4. The van der Waals surface area contributed by atoms with Crippen LogP contribution in [-0.4, -0.2) is 59.2 Å². The number of fused-ring (bicyclic) bond motifs is 1. The van der Waals surface area contributed by atoms with E-state index in [0.717, 1.165) is 12.3 Å². The number of aromatic nitrogens is 3. The molecule has 1 amide bonds. The van der Waals surface area contributed by atoms with Gasteiger partial charge in [-0.1, -0.05) is 12.6 Å². The fraction of sp³-hybridized carbons (Fsp3) is 0.241. The molecule has 1 fully saturated rings. The summed E-state index contributed by atoms with van der Waals surface area (Å²) in [6.07, 6.45) is 4.75. The van der Waals surface area contributed by atoms with Gasteiger partial charge < -0.3 is 24.4 Å². The third-order valence-electron chi connectivity index (χ3n) is 6.71. The molecule has 3 heterocycles. The number of carbonyl (C=O) groups excluding carboxylic acids is 1. The maximum atomic E-state index is 14.4. The van der Waals surface area contributed by atoms with E-state index in [0.29, 0.717) is 71.2 Å². The molecule has 0 saturated carbocycles. The standard InChI is InChI=1S/C29H27F2N5O4/c1-4-27(37)36-9-7-19(8-10-36)40-26-13-21-22(14-25(26)39-3)33-16-34-29(21)35-23-11-17(5-6-24(23)38-2)20-12-18(30)15-32-28(20)31/h4-6,11-16,19H,1,7-10H2,2-3H3,(H,33,34,35). The summed E-state index contributed by atoms with van der Waals surface area (Å²) in [7, 11) is 3.06. The minimum atomic E-state index is -0.793. The molecule has 0 unspecified atom stereocenters. The van der Waals surface area contributed by atoms with Crippen LogP contribution in [0.15, 0.2) is 61.6 Å². The van der Waals surface area contributed by atoms with E-state index in [2.05, 4.69) is 26.8 Å². The predicted octanol–water partition coefficient (Wildman–Crippen LogP) is 5.29. The number of hydrogen-bond donors (Lipinski definition) is 1. The van der Waals surface area contributed by atoms with Crippen LogP contribution in [0.3, 0.4) is 0 Å². The normalized spacial score (nSPS) is 13.7. The molecule has 1 aliphatic rings. The van der Waals surface area contributed by atoms with Crippen LogP contribution in [0.25, 0.3) is 22.0 Å². The molecule has 2 aromatic carbocycles. The molecule has 1 saturated heterocycles. The summed E-state index contributed by atoms with van der Waals surface area (Å²) in [6.45, 7) is 4.69. The maximum absolute atomic E-state index is 14.4. The van der Waals surface area contributed by atoms with Gasteiger partial charge in [-0.05, 0) is 35.9 Å². The van der Waals surface area contributed by atoms with Crippen molar-refractivity contribution in [1.82, 2.24) is 19.9 Å². The van der Waals surface area contributed by atoms with Crippen molar-refractivity contribution in [1.29, 1.82) is 0 Å². The van der Waals surface area contributed by atoms with Gasteiger partial charge in [0, 0.05) is 42.9 Å². The summed E-state index contributed by atoms with van der Waals surface area (Å²) < 4.78 is 45.6. The van der Waals surface area contributed by atoms with E-state index in [1.165, 1.54) is 19.5 Å². The molecule has 1 aliphatic heterocycles. The van der Waals surface area contributed by atoms with Gasteiger partial charge in [0.05, 0.1) is 31.6 Å². The van der Waals surface area contributed by atoms with Crippen LogP contribution in [0.2, 0.25) is 0 Å². The average molecular weight is 548 g/mol. The maximum Gasteiger partial charge on any atom is 0.245 e. The Kier molecular flexibility index (Phi) is 7.72. The lowest BCUT2D eigenvalue weighted by Gasteiger charge is -2.31. The number of anilines is 2. The molecule has 5 rings (SSSR count). The first-order chi connectivity index (χ1) is 19.4. The van der Waals surface area contributed by atoms with Gasteiger partial charge in [0.25, 0.3) is 0 Å². The molecule has 9 nitrogen and oxygen atoms in total. The van der Waals surface area contributed by atoms with Crippen molar-refractivity contribution in [3.8, 4) is 28.4 Å². The molecule has 0 radical (unpaired) electrons. The Labute approximate surface area is 229 Å². The lowest BCUT2D eigenvalue weighted by atomic mass is 10.1. The number of nitrogens with zero attached hydrogens (tertiary/aromatic N) is 4. The molecule has 11 heteroatoms. The highest BCUT2D eigenvalue weighted by atomic mass is 19.1. The van der Waals surface area contributed by atoms with Crippen molar-refractivity contribution < 1.29 is 27.8 Å². The highest BCUT2D eigenvalue weighted by Gasteiger charge is 2.24. The van der Waals surface area contributed by atoms with E-state index >= 15 is 0 Å². The third-order valence-corrected chi connectivity index (χ3v) is 6.71. The average Bonchev–Trinajstić information content (AvgIpc) is 2.98. The largest absolute Gasteiger partial charge is 0.495 e. The van der Waals surface area contributed by atoms with Crippen LogP contribution < -0.4 is 19.5 Å². The summed E-state index contributed by atoms with van der Waals surface area (Å²) in [5, 5.41) is 3.88. The number of hydrogen-bond acceptors (Lipinski definition) is 8. The zero-order chi connectivity index (χ0) is 28.2. The number of carbonyl (C=O) groups is 1. The minimum absolute atomic E-state index is 0.0134. The Bertz CT molecular complexity index is 1570. The number of likely N-dealkylation sites (tertiary alicyclic amines) is 1. The van der Waals surface area contributed by atoms with Crippen LogP contribution in [0.5, 0.6) is 17.2 Å². The zero-order valence-electron chi connectivity index (χ0n) is 22.0. The Morgan fingerprint density at radius 3 is 2.52 bits per heavy atom. The molecule has 4 aromatic rings. The van der Waals surface area contributed by atoms with Crippen molar-refractivity contribution in [3.63, 3.8) is 0 Å². The van der Waals surface area contributed by atoms with Crippen LogP contribution in [0.4, 0.5) is 20.3 Å². The molecule has 0 atom stereocenters. The summed E-state index contributed by atoms with van der Waals surface area (Å²) in [4.78, 5) is 25.9. The van der Waals surface area contributed by atoms with Crippen molar-refractivity contribution in [2.45, 2.75) is 18.9 Å². The topological polar surface area (TPSA) is 98.7 Å². The van der Waals surface area contributed by atoms with E-state index in [-0.39, 0.29) is 17.6 Å². The Morgan fingerprint density at radius 1 is 1.02 bits per heavy atom. The lowest BCUT2D eigenvalue weighted by molar-refractivity contribution is -0.127. The molecule has 1 N–H and O–H groups in total. The number of nitrogens with one attached hydrogen (secondary N) is 1. The number of pyridine rings is 1. The van der Waals surface area contributed by atoms with Crippen LogP contribution in [-0.2, 0) is 4.79 Å². The molecule has 2 aromatic heterocycles. The zero-order valence-corrected chi connectivity index (χ0v) is 22.0. The number of ether oxygens (including phenoxy) is 3. The fourth-order valence-corrected chi connectivity index (χ4v) is 4.64. The van der Waals surface area contributed by atoms with E-state index in [1.54, 1.807) is 42.3 Å². The molecule has 0 spiro atoms. The van der Waals surface area contributed by atoms with E-state index in [4.69, 9.17) is 14.2 Å². The van der Waals surface area contributed by atoms with Gasteiger partial charge in [0.2, 0.25) is 11.9 Å². The third kappa shape index (κ3) is 5.49. The quantitative estimate of drug-likeness (QED) is 0.235. The van der Waals surface area contributed by atoms with Crippen molar-refractivity contribution >= 4 is 28.3 Å². The SMILES string of the molecule is C=CC(=O)N1CCC(Oc2cc3c(Nc4cc(-c5cc(F)cnc5F)ccc4OC)ncnc3cc2OC)CC1. The van der Waals surface area contributed by atoms with E-state index in [9.17, 15) is 13.6 Å². The first kappa shape index (κ1) is 26.8. The summed E-state index contributed by atoms with van der Waals surface area (Å²) in [6, 6.07) is 9.53. The van der Waals surface area contributed by atoms with Crippen LogP contribution >= 0.6 is 0 Å². The van der Waals surface area contributed by atoms with Crippen LogP contribution in [0, 0.1) is 11.8 Å². The van der Waals surface area contributed by atoms with Gasteiger partial charge in [-0.15, -0.1) is 0 Å². The van der Waals surface area contributed by atoms with Gasteiger partial charge in [0.15, 0.2) is 11.5 Å². The summed E-state index contributed by atoms with van der Waals surface area (Å²) >= 11 is 0. The Balaban J connectivity index is 1.47. The molecule has 0 aliphatic carbocycles. The van der Waals surface area contributed by atoms with Crippen molar-refractivity contribution in [2.24, 2.45) is 0 Å². The second-order valence-electron chi connectivity index (χ2n) is 9.12. The monoisotopic (exact) mass is 547 g/mol. The Hall–Kier alpha value is -4.80. The summed E-state index contributed by atoms with van der Waals surface area (Å²) in [5.74, 6) is 0.390. The molecular weight excluding hydrogens is 520 g/mol. The van der Waals surface area contributed by atoms with E-state index in [1.807, 2.05) is 0 Å². The molecule has 206 valence electrons. The molecule has 0 bridgehead atoms. The fourth-order valence-electron chi connectivity index (χ4n) is 4.64. The molecule has 40 heavy (non-hydrogen) atoms. The summed E-state index contributed by atoms with van der Waals surface area (Å²) in [5.41, 5.74) is 1.49. The van der Waals surface area contributed by atoms with Crippen LogP contribution in [0.1, 0.15) is 12.8 Å². The Morgan fingerprint density at radius 2 is 1.80 bits per heavy atom.